The fourth-order valence-electron chi connectivity index (χ4n) is 1.93. The van der Waals surface area contributed by atoms with Crippen LogP contribution in [0.2, 0.25) is 0 Å². The van der Waals surface area contributed by atoms with E-state index in [0.717, 1.165) is 0 Å². The summed E-state index contributed by atoms with van der Waals surface area (Å²) in [6, 6.07) is -1.68. The molecule has 2 unspecified atom stereocenters. The van der Waals surface area contributed by atoms with E-state index in [2.05, 4.69) is 22.5 Å². The largest absolute Gasteiger partial charge is 0.481 e. The number of methoxy groups -OCH3 is 1. The number of carboxylic acid groups (broad SMARTS) is 1. The lowest BCUT2D eigenvalue weighted by molar-refractivity contribution is -0.137. The van der Waals surface area contributed by atoms with Crippen molar-refractivity contribution < 1.29 is 33.8 Å². The van der Waals surface area contributed by atoms with Crippen LogP contribution in [0.4, 0.5) is 4.79 Å². The first kappa shape index (κ1) is 24.4. The Bertz CT molecular complexity index is 549. The van der Waals surface area contributed by atoms with Gasteiger partial charge in [-0.1, -0.05) is 26.0 Å². The molecule has 2 atom stereocenters. The molecule has 10 heteroatoms. The highest BCUT2D eigenvalue weighted by molar-refractivity contribution is 5.89. The molecule has 0 aromatic rings. The molecule has 0 bridgehead atoms. The van der Waals surface area contributed by atoms with E-state index < -0.39 is 36.0 Å². The number of nitrogens with one attached hydrogen (secondary N) is 3. The highest BCUT2D eigenvalue weighted by Gasteiger charge is 2.24. The Labute approximate surface area is 158 Å². The highest BCUT2D eigenvalue weighted by atomic mass is 16.6. The molecule has 0 saturated heterocycles. The predicted octanol–water partition coefficient (Wildman–Crippen LogP) is 0.0354. The van der Waals surface area contributed by atoms with Crippen LogP contribution in [0.1, 0.15) is 27.2 Å². The Morgan fingerprint density at radius 1 is 1.07 bits per heavy atom. The van der Waals surface area contributed by atoms with Gasteiger partial charge in [0.15, 0.2) is 0 Å². The molecular weight excluding hydrogens is 358 g/mol. The molecule has 4 N–H and O–H groups in total. The molecule has 0 spiro atoms. The minimum Gasteiger partial charge on any atom is -0.481 e. The number of hydrogen-bond acceptors (Lipinski definition) is 6. The molecule has 0 aromatic heterocycles. The van der Waals surface area contributed by atoms with Crippen LogP contribution in [0.3, 0.4) is 0 Å². The van der Waals surface area contributed by atoms with Gasteiger partial charge in [0.05, 0.1) is 19.1 Å². The van der Waals surface area contributed by atoms with Gasteiger partial charge >= 0.3 is 12.1 Å². The van der Waals surface area contributed by atoms with Crippen LogP contribution in [-0.2, 0) is 23.9 Å². The molecule has 0 saturated carbocycles. The number of carbonyl (C=O) groups excluding carboxylic acids is 3. The summed E-state index contributed by atoms with van der Waals surface area (Å²) in [5.74, 6) is -2.25. The van der Waals surface area contributed by atoms with Crippen LogP contribution in [0, 0.1) is 5.92 Å². The van der Waals surface area contributed by atoms with E-state index in [0.29, 0.717) is 5.57 Å². The van der Waals surface area contributed by atoms with Gasteiger partial charge in [0, 0.05) is 7.11 Å². The maximum Gasteiger partial charge on any atom is 0.407 e. The molecule has 0 radical (unpaired) electrons. The molecule has 10 nitrogen and oxygen atoms in total. The monoisotopic (exact) mass is 387 g/mol. The Morgan fingerprint density at radius 2 is 1.70 bits per heavy atom. The van der Waals surface area contributed by atoms with E-state index in [4.69, 9.17) is 14.6 Å². The van der Waals surface area contributed by atoms with Gasteiger partial charge in [0.2, 0.25) is 11.8 Å². The quantitative estimate of drug-likeness (QED) is 0.273. The first-order valence-electron chi connectivity index (χ1n) is 8.48. The van der Waals surface area contributed by atoms with Gasteiger partial charge in [-0.25, -0.2) is 4.79 Å². The van der Waals surface area contributed by atoms with E-state index in [1.165, 1.54) is 14.0 Å². The molecule has 0 aliphatic rings. The first-order valence-corrected chi connectivity index (χ1v) is 8.48. The molecule has 0 aromatic carbocycles. The summed E-state index contributed by atoms with van der Waals surface area (Å²) in [7, 11) is 1.46. The van der Waals surface area contributed by atoms with Gasteiger partial charge in [-0.2, -0.15) is 0 Å². The van der Waals surface area contributed by atoms with Crippen molar-refractivity contribution in [3.63, 3.8) is 0 Å². The third-order valence-electron chi connectivity index (χ3n) is 3.57. The summed E-state index contributed by atoms with van der Waals surface area (Å²) in [5.41, 5.74) is 0.574. The molecule has 0 heterocycles. The normalized spacial score (nSPS) is 12.6. The second-order valence-corrected chi connectivity index (χ2v) is 6.16. The smallest absolute Gasteiger partial charge is 0.407 e. The molecular formula is C17H29N3O7. The fraction of sp³-hybridized carbons (Fsp3) is 0.647. The number of carbonyl (C=O) groups is 4. The second kappa shape index (κ2) is 12.7. The fourth-order valence-corrected chi connectivity index (χ4v) is 1.93. The molecule has 0 aliphatic carbocycles. The van der Waals surface area contributed by atoms with E-state index in [1.54, 1.807) is 0 Å². The topological polar surface area (TPSA) is 143 Å². The lowest BCUT2D eigenvalue weighted by Gasteiger charge is -2.24. The third kappa shape index (κ3) is 10.9. The maximum absolute atomic E-state index is 12.2. The Balaban J connectivity index is 4.48. The van der Waals surface area contributed by atoms with Crippen molar-refractivity contribution in [2.45, 2.75) is 39.3 Å². The Hall–Kier alpha value is -2.62. The number of aliphatic carboxylic acids is 1. The lowest BCUT2D eigenvalue weighted by atomic mass is 9.95. The zero-order chi connectivity index (χ0) is 21.0. The third-order valence-corrected chi connectivity index (χ3v) is 3.57. The summed E-state index contributed by atoms with van der Waals surface area (Å²) >= 11 is 0. The molecule has 3 amide bonds. The van der Waals surface area contributed by atoms with Crippen molar-refractivity contribution in [1.82, 2.24) is 16.0 Å². The summed E-state index contributed by atoms with van der Waals surface area (Å²) in [4.78, 5) is 46.3. The van der Waals surface area contributed by atoms with Crippen LogP contribution >= 0.6 is 0 Å². The van der Waals surface area contributed by atoms with E-state index in [1.807, 2.05) is 13.8 Å². The first-order chi connectivity index (χ1) is 12.6. The van der Waals surface area contributed by atoms with Gasteiger partial charge in [0.1, 0.15) is 19.2 Å². The summed E-state index contributed by atoms with van der Waals surface area (Å²) in [6.45, 7) is 8.85. The van der Waals surface area contributed by atoms with Crippen molar-refractivity contribution in [3.05, 3.63) is 12.2 Å². The maximum atomic E-state index is 12.2. The number of ether oxygens (including phenoxy) is 2. The van der Waals surface area contributed by atoms with E-state index in [-0.39, 0.29) is 32.1 Å². The number of hydrogen-bond donors (Lipinski definition) is 4. The van der Waals surface area contributed by atoms with Gasteiger partial charge in [-0.05, 0) is 12.8 Å². The van der Waals surface area contributed by atoms with Gasteiger partial charge in [-0.15, -0.1) is 0 Å². The molecule has 0 aliphatic heterocycles. The average Bonchev–Trinajstić information content (AvgIpc) is 2.58. The Kier molecular flexibility index (Phi) is 11.5. The highest BCUT2D eigenvalue weighted by Crippen LogP contribution is 2.14. The van der Waals surface area contributed by atoms with Crippen molar-refractivity contribution in [1.29, 1.82) is 0 Å². The van der Waals surface area contributed by atoms with Crippen molar-refractivity contribution in [2.24, 2.45) is 5.92 Å². The lowest BCUT2D eigenvalue weighted by Crippen LogP contribution is -2.51. The van der Waals surface area contributed by atoms with Crippen molar-refractivity contribution in [2.75, 3.05) is 26.9 Å². The SMILES string of the molecule is C=C(C(C)C)C(CC(=O)O)NC(=O)C(C)NC(=O)CNC(=O)OCCOC. The average molecular weight is 387 g/mol. The van der Waals surface area contributed by atoms with Gasteiger partial charge < -0.3 is 30.5 Å². The van der Waals surface area contributed by atoms with E-state index >= 15 is 0 Å². The van der Waals surface area contributed by atoms with Crippen LogP contribution in [0.15, 0.2) is 12.2 Å². The Morgan fingerprint density at radius 3 is 2.22 bits per heavy atom. The van der Waals surface area contributed by atoms with Gasteiger partial charge in [0.25, 0.3) is 0 Å². The van der Waals surface area contributed by atoms with Gasteiger partial charge in [-0.3, -0.25) is 14.4 Å². The summed E-state index contributed by atoms with van der Waals surface area (Å²) in [5, 5.41) is 16.2. The van der Waals surface area contributed by atoms with Crippen molar-refractivity contribution in [3.8, 4) is 0 Å². The minimum atomic E-state index is -1.07. The zero-order valence-corrected chi connectivity index (χ0v) is 16.2. The number of amides is 3. The van der Waals surface area contributed by atoms with Crippen LogP contribution in [-0.4, -0.2) is 67.9 Å². The van der Waals surface area contributed by atoms with Crippen LogP contribution < -0.4 is 16.0 Å². The second-order valence-electron chi connectivity index (χ2n) is 6.16. The van der Waals surface area contributed by atoms with Crippen molar-refractivity contribution >= 4 is 23.9 Å². The standard InChI is InChI=1S/C17H29N3O7/c1-10(2)11(3)13(8-15(22)23)20-16(24)12(4)19-14(21)9-18-17(25)27-7-6-26-5/h10,12-13H,3,6-9H2,1-2,4-5H3,(H,18,25)(H,19,21)(H,20,24)(H,22,23). The number of carboxylic acids is 1. The summed E-state index contributed by atoms with van der Waals surface area (Å²) in [6.07, 6.45) is -1.09. The minimum absolute atomic E-state index is 0.0205. The number of rotatable bonds is 12. The van der Waals surface area contributed by atoms with E-state index in [9.17, 15) is 19.2 Å². The number of alkyl carbamates (subject to hydrolysis) is 1. The molecule has 0 fully saturated rings. The zero-order valence-electron chi connectivity index (χ0n) is 16.2. The summed E-state index contributed by atoms with van der Waals surface area (Å²) < 4.78 is 9.44. The molecule has 27 heavy (non-hydrogen) atoms. The molecule has 154 valence electrons. The van der Waals surface area contributed by atoms with Crippen LogP contribution in [0.25, 0.3) is 0 Å². The molecule has 0 rings (SSSR count). The van der Waals surface area contributed by atoms with Crippen LogP contribution in [0.5, 0.6) is 0 Å². The predicted molar refractivity (Wildman–Crippen MR) is 97.0 cm³/mol.